The first kappa shape index (κ1) is 22.1. The van der Waals surface area contributed by atoms with E-state index in [1.165, 1.54) is 4.90 Å². The van der Waals surface area contributed by atoms with E-state index in [9.17, 15) is 14.7 Å². The SMILES string of the molecule is CCCCCOc1cccc(C2c3c(oc4cc(C)cc(C)c4c3=O)C(=O)N2CCO)c1. The summed E-state index contributed by atoms with van der Waals surface area (Å²) < 4.78 is 11.9. The molecule has 3 aromatic rings. The zero-order valence-electron chi connectivity index (χ0n) is 18.8. The largest absolute Gasteiger partial charge is 0.494 e. The lowest BCUT2D eigenvalue weighted by molar-refractivity contribution is 0.0691. The highest BCUT2D eigenvalue weighted by Crippen LogP contribution is 2.39. The van der Waals surface area contributed by atoms with Crippen LogP contribution >= 0.6 is 0 Å². The Labute approximate surface area is 187 Å². The third kappa shape index (κ3) is 3.91. The number of amides is 1. The molecule has 32 heavy (non-hydrogen) atoms. The molecule has 1 unspecified atom stereocenters. The topological polar surface area (TPSA) is 80.0 Å². The van der Waals surface area contributed by atoms with Gasteiger partial charge in [-0.15, -0.1) is 0 Å². The van der Waals surface area contributed by atoms with E-state index in [0.717, 1.165) is 36.0 Å². The molecule has 6 nitrogen and oxygen atoms in total. The summed E-state index contributed by atoms with van der Waals surface area (Å²) in [5.41, 5.74) is 3.07. The minimum Gasteiger partial charge on any atom is -0.494 e. The molecule has 2 aromatic carbocycles. The Morgan fingerprint density at radius 1 is 1.12 bits per heavy atom. The van der Waals surface area contributed by atoms with Crippen molar-refractivity contribution >= 4 is 16.9 Å². The summed E-state index contributed by atoms with van der Waals surface area (Å²) in [4.78, 5) is 28.4. The summed E-state index contributed by atoms with van der Waals surface area (Å²) >= 11 is 0. The molecule has 0 bridgehead atoms. The first-order valence-electron chi connectivity index (χ1n) is 11.2. The molecule has 168 valence electrons. The normalized spacial score (nSPS) is 15.4. The molecular formula is C26H29NO5. The number of ether oxygens (including phenoxy) is 1. The van der Waals surface area contributed by atoms with Gasteiger partial charge in [0.1, 0.15) is 11.3 Å². The van der Waals surface area contributed by atoms with Crippen LogP contribution in [0.3, 0.4) is 0 Å². The van der Waals surface area contributed by atoms with Gasteiger partial charge >= 0.3 is 0 Å². The molecule has 0 spiro atoms. The van der Waals surface area contributed by atoms with Gasteiger partial charge in [-0.3, -0.25) is 9.59 Å². The van der Waals surface area contributed by atoms with Gasteiger partial charge in [0.15, 0.2) is 5.43 Å². The summed E-state index contributed by atoms with van der Waals surface area (Å²) in [6.07, 6.45) is 3.18. The van der Waals surface area contributed by atoms with Crippen molar-refractivity contribution in [3.8, 4) is 5.75 Å². The maximum Gasteiger partial charge on any atom is 0.290 e. The van der Waals surface area contributed by atoms with Gasteiger partial charge in [0.25, 0.3) is 5.91 Å². The van der Waals surface area contributed by atoms with Crippen LogP contribution in [-0.4, -0.2) is 35.7 Å². The van der Waals surface area contributed by atoms with Crippen molar-refractivity contribution in [1.29, 1.82) is 0 Å². The van der Waals surface area contributed by atoms with Crippen molar-refractivity contribution in [3.05, 3.63) is 74.6 Å². The lowest BCUT2D eigenvalue weighted by Crippen LogP contribution is -2.32. The second-order valence-electron chi connectivity index (χ2n) is 8.38. The number of aliphatic hydroxyl groups is 1. The molecule has 1 aliphatic rings. The van der Waals surface area contributed by atoms with Crippen molar-refractivity contribution in [2.24, 2.45) is 0 Å². The van der Waals surface area contributed by atoms with Gasteiger partial charge in [0.2, 0.25) is 5.76 Å². The second-order valence-corrected chi connectivity index (χ2v) is 8.38. The molecule has 0 saturated carbocycles. The first-order valence-corrected chi connectivity index (χ1v) is 11.2. The summed E-state index contributed by atoms with van der Waals surface area (Å²) in [6.45, 7) is 6.44. The van der Waals surface area contributed by atoms with E-state index in [0.29, 0.717) is 28.9 Å². The van der Waals surface area contributed by atoms with Crippen molar-refractivity contribution in [3.63, 3.8) is 0 Å². The molecular weight excluding hydrogens is 406 g/mol. The quantitative estimate of drug-likeness (QED) is 0.527. The number of nitrogens with zero attached hydrogens (tertiary/aromatic N) is 1. The first-order chi connectivity index (χ1) is 15.5. The molecule has 2 heterocycles. The Balaban J connectivity index is 1.83. The van der Waals surface area contributed by atoms with Gasteiger partial charge in [-0.25, -0.2) is 0 Å². The molecule has 6 heteroatoms. The van der Waals surface area contributed by atoms with E-state index in [1.54, 1.807) is 6.07 Å². The van der Waals surface area contributed by atoms with Crippen LogP contribution in [0.5, 0.6) is 5.75 Å². The molecule has 1 aliphatic heterocycles. The average molecular weight is 436 g/mol. The Morgan fingerprint density at radius 2 is 1.94 bits per heavy atom. The number of carbonyl (C=O) groups excluding carboxylic acids is 1. The third-order valence-corrected chi connectivity index (χ3v) is 5.94. The highest BCUT2D eigenvalue weighted by molar-refractivity contribution is 5.99. The third-order valence-electron chi connectivity index (χ3n) is 5.94. The fourth-order valence-electron chi connectivity index (χ4n) is 4.52. The van der Waals surface area contributed by atoms with E-state index < -0.39 is 6.04 Å². The number of aryl methyl sites for hydroxylation is 2. The number of unbranched alkanes of at least 4 members (excludes halogenated alkanes) is 2. The molecule has 1 amide bonds. The van der Waals surface area contributed by atoms with Crippen LogP contribution in [0.4, 0.5) is 0 Å². The Kier molecular flexibility index (Phi) is 6.33. The fourth-order valence-corrected chi connectivity index (χ4v) is 4.52. The van der Waals surface area contributed by atoms with Gasteiger partial charge in [-0.2, -0.15) is 0 Å². The van der Waals surface area contributed by atoms with Crippen molar-refractivity contribution < 1.29 is 19.1 Å². The monoisotopic (exact) mass is 435 g/mol. The van der Waals surface area contributed by atoms with Gasteiger partial charge in [0, 0.05) is 6.54 Å². The van der Waals surface area contributed by atoms with E-state index >= 15 is 0 Å². The predicted molar refractivity (Wildman–Crippen MR) is 123 cm³/mol. The van der Waals surface area contributed by atoms with Crippen LogP contribution in [0.2, 0.25) is 0 Å². The number of benzene rings is 2. The zero-order valence-corrected chi connectivity index (χ0v) is 18.8. The summed E-state index contributed by atoms with van der Waals surface area (Å²) in [5, 5.41) is 10.1. The standard InChI is InChI=1S/C26H29NO5/c1-4-5-6-12-31-19-9-7-8-18(15-19)23-22-24(29)21-17(3)13-16(2)14-20(21)32-25(22)26(30)27(23)10-11-28/h7-9,13-15,23,28H,4-6,10-12H2,1-3H3. The van der Waals surface area contributed by atoms with Gasteiger partial charge in [0.05, 0.1) is 30.2 Å². The van der Waals surface area contributed by atoms with Crippen molar-refractivity contribution in [2.45, 2.75) is 46.1 Å². The molecule has 0 saturated heterocycles. The van der Waals surface area contributed by atoms with Crippen LogP contribution in [0.25, 0.3) is 11.0 Å². The van der Waals surface area contributed by atoms with Crippen LogP contribution < -0.4 is 10.2 Å². The van der Waals surface area contributed by atoms with E-state index in [-0.39, 0.29) is 30.2 Å². The smallest absolute Gasteiger partial charge is 0.290 e. The van der Waals surface area contributed by atoms with Crippen LogP contribution in [-0.2, 0) is 0 Å². The van der Waals surface area contributed by atoms with Gasteiger partial charge < -0.3 is 19.2 Å². The highest BCUT2D eigenvalue weighted by Gasteiger charge is 2.42. The summed E-state index contributed by atoms with van der Waals surface area (Å²) in [7, 11) is 0. The number of β-amino-alcohol motifs (C(OH)–C–C–N with tert-alkyl or cyclic N) is 1. The van der Waals surface area contributed by atoms with E-state index in [1.807, 2.05) is 44.2 Å². The molecule has 0 aliphatic carbocycles. The lowest BCUT2D eigenvalue weighted by atomic mass is 9.96. The van der Waals surface area contributed by atoms with Crippen molar-refractivity contribution in [2.75, 3.05) is 19.8 Å². The highest BCUT2D eigenvalue weighted by atomic mass is 16.5. The molecule has 1 aromatic heterocycles. The van der Waals surface area contributed by atoms with Crippen LogP contribution in [0, 0.1) is 13.8 Å². The number of fused-ring (bicyclic) bond motifs is 2. The van der Waals surface area contributed by atoms with Gasteiger partial charge in [-0.05, 0) is 55.2 Å². The number of hydrogen-bond donors (Lipinski definition) is 1. The predicted octanol–water partition coefficient (Wildman–Crippen LogP) is 4.52. The number of rotatable bonds is 8. The summed E-state index contributed by atoms with van der Waals surface area (Å²) in [5.74, 6) is 0.368. The van der Waals surface area contributed by atoms with Crippen LogP contribution in [0.1, 0.15) is 65.0 Å². The fraction of sp³-hybridized carbons (Fsp3) is 0.385. The maximum atomic E-state index is 13.6. The average Bonchev–Trinajstić information content (AvgIpc) is 3.03. The van der Waals surface area contributed by atoms with Crippen molar-refractivity contribution in [1.82, 2.24) is 4.90 Å². The molecule has 0 fully saturated rings. The number of aliphatic hydroxyl groups excluding tert-OH is 1. The Hall–Kier alpha value is -3.12. The Bertz CT molecular complexity index is 1210. The van der Waals surface area contributed by atoms with E-state index in [2.05, 4.69) is 6.92 Å². The maximum absolute atomic E-state index is 13.6. The van der Waals surface area contributed by atoms with E-state index in [4.69, 9.17) is 9.15 Å². The molecule has 1 atom stereocenters. The van der Waals surface area contributed by atoms with Gasteiger partial charge in [-0.1, -0.05) is 38.0 Å². The number of hydrogen-bond acceptors (Lipinski definition) is 5. The molecule has 1 N–H and O–H groups in total. The number of carbonyl (C=O) groups is 1. The van der Waals surface area contributed by atoms with Crippen LogP contribution in [0.15, 0.2) is 45.6 Å². The summed E-state index contributed by atoms with van der Waals surface area (Å²) in [6, 6.07) is 10.6. The zero-order chi connectivity index (χ0) is 22.8. The second kappa shape index (κ2) is 9.17. The minimum absolute atomic E-state index is 0.0558. The minimum atomic E-state index is -0.634. The molecule has 0 radical (unpaired) electrons. The lowest BCUT2D eigenvalue weighted by Gasteiger charge is -2.24. The molecule has 4 rings (SSSR count). The Morgan fingerprint density at radius 3 is 2.69 bits per heavy atom.